The molecule has 0 bridgehead atoms. The summed E-state index contributed by atoms with van der Waals surface area (Å²) in [5.41, 5.74) is 1.04. The van der Waals surface area contributed by atoms with E-state index in [-0.39, 0.29) is 5.09 Å². The van der Waals surface area contributed by atoms with Gasteiger partial charge < -0.3 is 9.73 Å². The molecule has 0 aromatic carbocycles. The molecule has 104 valence electrons. The summed E-state index contributed by atoms with van der Waals surface area (Å²) in [7, 11) is -0.235. The number of sulfonamides is 1. The second-order valence-corrected chi connectivity index (χ2v) is 5.77. The Bertz CT molecular complexity index is 672. The molecule has 0 saturated carbocycles. The first kappa shape index (κ1) is 13.6. The Labute approximate surface area is 111 Å². The maximum atomic E-state index is 12.1. The highest BCUT2D eigenvalue weighted by Crippen LogP contribution is 2.20. The topological polar surface area (TPSA) is 89.2 Å². The van der Waals surface area contributed by atoms with E-state index in [1.165, 1.54) is 6.07 Å². The van der Waals surface area contributed by atoms with Gasteiger partial charge in [-0.3, -0.25) is 9.40 Å². The molecule has 2 N–H and O–H groups in total. The highest BCUT2D eigenvalue weighted by atomic mass is 32.2. The van der Waals surface area contributed by atoms with Crippen molar-refractivity contribution in [3.63, 3.8) is 0 Å². The van der Waals surface area contributed by atoms with Crippen molar-refractivity contribution in [2.24, 2.45) is 7.05 Å². The standard InChI is InChI=1S/C11H16N4O3S/c1-8-10(7-15(3)13-8)14-19(16,17)11-5-4-9(18-11)6-12-2/h4-5,7,12,14H,6H2,1-3H3. The number of hydrogen-bond acceptors (Lipinski definition) is 5. The number of anilines is 1. The van der Waals surface area contributed by atoms with Gasteiger partial charge in [0, 0.05) is 13.2 Å². The number of nitrogens with zero attached hydrogens (tertiary/aromatic N) is 2. The first-order valence-corrected chi connectivity index (χ1v) is 7.17. The lowest BCUT2D eigenvalue weighted by molar-refractivity contribution is 0.408. The van der Waals surface area contributed by atoms with Crippen molar-refractivity contribution in [2.45, 2.75) is 18.6 Å². The van der Waals surface area contributed by atoms with Crippen LogP contribution in [0.2, 0.25) is 0 Å². The largest absolute Gasteiger partial charge is 0.446 e. The number of aryl methyl sites for hydroxylation is 2. The smallest absolute Gasteiger partial charge is 0.295 e. The third-order valence-electron chi connectivity index (χ3n) is 2.51. The van der Waals surface area contributed by atoms with Gasteiger partial charge in [0.1, 0.15) is 5.76 Å². The van der Waals surface area contributed by atoms with Crippen LogP contribution in [0.5, 0.6) is 0 Å². The third-order valence-corrected chi connectivity index (χ3v) is 3.75. The number of furan rings is 1. The van der Waals surface area contributed by atoms with Crippen molar-refractivity contribution in [1.29, 1.82) is 0 Å². The van der Waals surface area contributed by atoms with Gasteiger partial charge in [-0.25, -0.2) is 0 Å². The van der Waals surface area contributed by atoms with Crippen LogP contribution in [-0.2, 0) is 23.6 Å². The van der Waals surface area contributed by atoms with E-state index >= 15 is 0 Å². The lowest BCUT2D eigenvalue weighted by Gasteiger charge is -2.03. The molecule has 0 saturated heterocycles. The van der Waals surface area contributed by atoms with Crippen molar-refractivity contribution in [3.05, 3.63) is 29.8 Å². The molecule has 2 rings (SSSR count). The summed E-state index contributed by atoms with van der Waals surface area (Å²) in [5, 5.41) is 6.85. The molecule has 0 atom stereocenters. The van der Waals surface area contributed by atoms with E-state index in [0.717, 1.165) is 0 Å². The minimum absolute atomic E-state index is 0.110. The Balaban J connectivity index is 2.24. The fraction of sp³-hybridized carbons (Fsp3) is 0.364. The zero-order chi connectivity index (χ0) is 14.0. The van der Waals surface area contributed by atoms with Crippen molar-refractivity contribution in [1.82, 2.24) is 15.1 Å². The molecular formula is C11H16N4O3S. The van der Waals surface area contributed by atoms with Crippen LogP contribution in [0.1, 0.15) is 11.5 Å². The van der Waals surface area contributed by atoms with Gasteiger partial charge in [-0.05, 0) is 26.1 Å². The summed E-state index contributed by atoms with van der Waals surface area (Å²) >= 11 is 0. The second-order valence-electron chi connectivity index (χ2n) is 4.16. The monoisotopic (exact) mass is 284 g/mol. The minimum Gasteiger partial charge on any atom is -0.446 e. The number of nitrogens with one attached hydrogen (secondary N) is 2. The SMILES string of the molecule is CNCc1ccc(S(=O)(=O)Nc2cn(C)nc2C)o1. The number of aromatic nitrogens is 2. The quantitative estimate of drug-likeness (QED) is 0.849. The summed E-state index contributed by atoms with van der Waals surface area (Å²) in [4.78, 5) is 0. The van der Waals surface area contributed by atoms with Gasteiger partial charge in [-0.1, -0.05) is 0 Å². The molecule has 19 heavy (non-hydrogen) atoms. The van der Waals surface area contributed by atoms with Crippen molar-refractivity contribution < 1.29 is 12.8 Å². The molecule has 0 aliphatic carbocycles. The van der Waals surface area contributed by atoms with Gasteiger partial charge in [0.2, 0.25) is 5.09 Å². The average Bonchev–Trinajstić information content (AvgIpc) is 2.87. The summed E-state index contributed by atoms with van der Waals surface area (Å²) < 4.78 is 33.5. The zero-order valence-corrected chi connectivity index (χ0v) is 11.8. The molecule has 2 aromatic heterocycles. The van der Waals surface area contributed by atoms with Crippen molar-refractivity contribution >= 4 is 15.7 Å². The summed E-state index contributed by atoms with van der Waals surface area (Å²) in [6, 6.07) is 3.06. The van der Waals surface area contributed by atoms with E-state index in [2.05, 4.69) is 15.1 Å². The zero-order valence-electron chi connectivity index (χ0n) is 11.0. The molecule has 7 nitrogen and oxygen atoms in total. The van der Waals surface area contributed by atoms with Crippen LogP contribution >= 0.6 is 0 Å². The first-order chi connectivity index (χ1) is 8.92. The molecule has 0 radical (unpaired) electrons. The van der Waals surface area contributed by atoms with Gasteiger partial charge >= 0.3 is 0 Å². The molecule has 0 aliphatic heterocycles. The lowest BCUT2D eigenvalue weighted by atomic mass is 10.4. The minimum atomic E-state index is -3.72. The van der Waals surface area contributed by atoms with Crippen LogP contribution in [-0.4, -0.2) is 25.2 Å². The van der Waals surface area contributed by atoms with Gasteiger partial charge in [0.25, 0.3) is 10.0 Å². The van der Waals surface area contributed by atoms with E-state index in [4.69, 9.17) is 4.42 Å². The Kier molecular flexibility index (Phi) is 3.63. The van der Waals surface area contributed by atoms with Gasteiger partial charge in [-0.2, -0.15) is 13.5 Å². The Morgan fingerprint density at radius 2 is 2.16 bits per heavy atom. The molecule has 0 aliphatic rings. The molecule has 0 spiro atoms. The summed E-state index contributed by atoms with van der Waals surface area (Å²) in [5.74, 6) is 0.561. The van der Waals surface area contributed by atoms with Crippen LogP contribution in [0.4, 0.5) is 5.69 Å². The van der Waals surface area contributed by atoms with Crippen LogP contribution in [0, 0.1) is 6.92 Å². The maximum Gasteiger partial charge on any atom is 0.295 e. The highest BCUT2D eigenvalue weighted by molar-refractivity contribution is 7.92. The van der Waals surface area contributed by atoms with Crippen LogP contribution in [0.25, 0.3) is 0 Å². The predicted octanol–water partition coefficient (Wildman–Crippen LogP) is 0.842. The normalized spacial score (nSPS) is 11.7. The van der Waals surface area contributed by atoms with Gasteiger partial charge in [0.15, 0.2) is 0 Å². The fourth-order valence-corrected chi connectivity index (χ4v) is 2.72. The van der Waals surface area contributed by atoms with E-state index in [9.17, 15) is 8.42 Å². The van der Waals surface area contributed by atoms with E-state index in [1.807, 2.05) is 0 Å². The third kappa shape index (κ3) is 2.96. The fourth-order valence-electron chi connectivity index (χ4n) is 1.67. The molecule has 0 amide bonds. The highest BCUT2D eigenvalue weighted by Gasteiger charge is 2.20. The average molecular weight is 284 g/mol. The van der Waals surface area contributed by atoms with Crippen LogP contribution < -0.4 is 10.0 Å². The lowest BCUT2D eigenvalue weighted by Crippen LogP contribution is -2.12. The van der Waals surface area contributed by atoms with Crippen LogP contribution in [0.15, 0.2) is 27.8 Å². The van der Waals surface area contributed by atoms with Gasteiger partial charge in [-0.15, -0.1) is 0 Å². The number of rotatable bonds is 5. The Morgan fingerprint density at radius 1 is 1.42 bits per heavy atom. The maximum absolute atomic E-state index is 12.1. The molecule has 0 fully saturated rings. The Morgan fingerprint density at radius 3 is 2.74 bits per heavy atom. The molecule has 8 heteroatoms. The molecule has 0 unspecified atom stereocenters. The molecular weight excluding hydrogens is 268 g/mol. The summed E-state index contributed by atoms with van der Waals surface area (Å²) in [6.07, 6.45) is 1.60. The van der Waals surface area contributed by atoms with Gasteiger partial charge in [0.05, 0.1) is 17.9 Å². The first-order valence-electron chi connectivity index (χ1n) is 5.69. The second kappa shape index (κ2) is 5.06. The summed E-state index contributed by atoms with van der Waals surface area (Å²) in [6.45, 7) is 2.20. The van der Waals surface area contributed by atoms with Crippen molar-refractivity contribution in [3.8, 4) is 0 Å². The predicted molar refractivity (Wildman–Crippen MR) is 70.2 cm³/mol. The van der Waals surface area contributed by atoms with Crippen LogP contribution in [0.3, 0.4) is 0 Å². The molecule has 2 heterocycles. The molecule has 2 aromatic rings. The van der Waals surface area contributed by atoms with Crippen molar-refractivity contribution in [2.75, 3.05) is 11.8 Å². The van der Waals surface area contributed by atoms with E-state index in [1.54, 1.807) is 38.0 Å². The van der Waals surface area contributed by atoms with E-state index in [0.29, 0.717) is 23.7 Å². The van der Waals surface area contributed by atoms with E-state index < -0.39 is 10.0 Å². The number of hydrogen-bond donors (Lipinski definition) is 2. The Hall–Kier alpha value is -1.80.